The van der Waals surface area contributed by atoms with Crippen molar-refractivity contribution in [2.45, 2.75) is 38.9 Å². The summed E-state index contributed by atoms with van der Waals surface area (Å²) in [6, 6.07) is 0. The first-order valence-electron chi connectivity index (χ1n) is 4.98. The number of sulfonamides is 1. The van der Waals surface area contributed by atoms with Crippen LogP contribution in [0.1, 0.15) is 33.6 Å². The predicted octanol–water partition coefficient (Wildman–Crippen LogP) is 2.13. The lowest BCUT2D eigenvalue weighted by Crippen LogP contribution is -2.34. The van der Waals surface area contributed by atoms with Gasteiger partial charge in [-0.25, -0.2) is 13.1 Å². The molecule has 0 radical (unpaired) electrons. The van der Waals surface area contributed by atoms with E-state index in [2.05, 4.69) is 27.6 Å². The van der Waals surface area contributed by atoms with Crippen molar-refractivity contribution < 1.29 is 8.42 Å². The fourth-order valence-corrected chi connectivity index (χ4v) is 2.45. The van der Waals surface area contributed by atoms with Gasteiger partial charge in [0.25, 0.3) is 0 Å². The zero-order chi connectivity index (χ0) is 11.2. The lowest BCUT2D eigenvalue weighted by atomic mass is 10.0. The van der Waals surface area contributed by atoms with Gasteiger partial charge in [-0.3, -0.25) is 0 Å². The number of nitrogens with one attached hydrogen (secondary N) is 1. The van der Waals surface area contributed by atoms with Crippen molar-refractivity contribution in [3.63, 3.8) is 0 Å². The van der Waals surface area contributed by atoms with Crippen LogP contribution in [0.15, 0.2) is 0 Å². The molecule has 1 atom stereocenters. The molecule has 0 aromatic heterocycles. The zero-order valence-corrected chi connectivity index (χ0v) is 11.5. The van der Waals surface area contributed by atoms with Gasteiger partial charge in [0.15, 0.2) is 0 Å². The van der Waals surface area contributed by atoms with Crippen molar-refractivity contribution in [2.75, 3.05) is 11.9 Å². The molecule has 0 fully saturated rings. The molecule has 3 nitrogen and oxygen atoms in total. The SMILES string of the molecule is CCC(CCBr)CNS(=O)(=O)C(C)C. The van der Waals surface area contributed by atoms with Crippen LogP contribution in [0.3, 0.4) is 0 Å². The highest BCUT2D eigenvalue weighted by atomic mass is 79.9. The Kier molecular flexibility index (Phi) is 6.99. The van der Waals surface area contributed by atoms with Gasteiger partial charge in [0, 0.05) is 11.9 Å². The molecule has 0 aromatic carbocycles. The van der Waals surface area contributed by atoms with E-state index >= 15 is 0 Å². The standard InChI is InChI=1S/C9H20BrNO2S/c1-4-9(5-6-10)7-11-14(12,13)8(2)3/h8-9,11H,4-7H2,1-3H3. The largest absolute Gasteiger partial charge is 0.215 e. The number of hydrogen-bond donors (Lipinski definition) is 1. The fraction of sp³-hybridized carbons (Fsp3) is 1.00. The van der Waals surface area contributed by atoms with Crippen LogP contribution < -0.4 is 4.72 Å². The minimum Gasteiger partial charge on any atom is -0.215 e. The van der Waals surface area contributed by atoms with Gasteiger partial charge >= 0.3 is 0 Å². The highest BCUT2D eigenvalue weighted by Crippen LogP contribution is 2.09. The van der Waals surface area contributed by atoms with Crippen LogP contribution in [0.25, 0.3) is 0 Å². The number of rotatable bonds is 7. The predicted molar refractivity (Wildman–Crippen MR) is 64.3 cm³/mol. The van der Waals surface area contributed by atoms with Crippen molar-refractivity contribution in [3.8, 4) is 0 Å². The molecule has 14 heavy (non-hydrogen) atoms. The second kappa shape index (κ2) is 6.80. The first kappa shape index (κ1) is 14.4. The summed E-state index contributed by atoms with van der Waals surface area (Å²) in [5.74, 6) is 0.433. The molecule has 0 rings (SSSR count). The molecule has 0 bridgehead atoms. The van der Waals surface area contributed by atoms with Crippen molar-refractivity contribution in [3.05, 3.63) is 0 Å². The highest BCUT2D eigenvalue weighted by molar-refractivity contribution is 9.09. The maximum atomic E-state index is 11.4. The van der Waals surface area contributed by atoms with E-state index in [9.17, 15) is 8.42 Å². The van der Waals surface area contributed by atoms with E-state index in [1.807, 2.05) is 0 Å². The monoisotopic (exact) mass is 285 g/mol. The second-order valence-corrected chi connectivity index (χ2v) is 6.81. The molecule has 1 N–H and O–H groups in total. The molecule has 0 saturated carbocycles. The first-order chi connectivity index (χ1) is 6.44. The Balaban J connectivity index is 4.03. The molecule has 0 amide bonds. The molecule has 5 heteroatoms. The lowest BCUT2D eigenvalue weighted by molar-refractivity contribution is 0.481. The minimum atomic E-state index is -3.09. The quantitative estimate of drug-likeness (QED) is 0.729. The Bertz CT molecular complexity index is 239. The Labute approximate surface area is 95.8 Å². The van der Waals surface area contributed by atoms with Crippen molar-refractivity contribution in [2.24, 2.45) is 5.92 Å². The number of alkyl halides is 1. The van der Waals surface area contributed by atoms with Crippen LogP contribution in [0, 0.1) is 5.92 Å². The van der Waals surface area contributed by atoms with Crippen LogP contribution >= 0.6 is 15.9 Å². The summed E-state index contributed by atoms with van der Waals surface area (Å²) < 4.78 is 25.5. The summed E-state index contributed by atoms with van der Waals surface area (Å²) in [4.78, 5) is 0. The third kappa shape index (κ3) is 5.32. The van der Waals surface area contributed by atoms with Crippen LogP contribution in [0.2, 0.25) is 0 Å². The van der Waals surface area contributed by atoms with Gasteiger partial charge in [0.1, 0.15) is 0 Å². The van der Waals surface area contributed by atoms with E-state index in [1.54, 1.807) is 13.8 Å². The molecule has 86 valence electrons. The van der Waals surface area contributed by atoms with Gasteiger partial charge in [-0.15, -0.1) is 0 Å². The van der Waals surface area contributed by atoms with Gasteiger partial charge in [-0.1, -0.05) is 29.3 Å². The van der Waals surface area contributed by atoms with Crippen molar-refractivity contribution in [1.29, 1.82) is 0 Å². The summed E-state index contributed by atoms with van der Waals surface area (Å²) in [6.45, 7) is 6.02. The molecule has 0 heterocycles. The summed E-state index contributed by atoms with van der Waals surface area (Å²) in [5.41, 5.74) is 0. The van der Waals surface area contributed by atoms with Crippen molar-refractivity contribution >= 4 is 26.0 Å². The Morgan fingerprint density at radius 1 is 1.36 bits per heavy atom. The van der Waals surface area contributed by atoms with Crippen LogP contribution in [0.4, 0.5) is 0 Å². The van der Waals surface area contributed by atoms with Gasteiger partial charge in [0.2, 0.25) is 10.0 Å². The lowest BCUT2D eigenvalue weighted by Gasteiger charge is -2.15. The topological polar surface area (TPSA) is 46.2 Å². The molecule has 1 unspecified atom stereocenters. The molecular formula is C9H20BrNO2S. The van der Waals surface area contributed by atoms with E-state index in [-0.39, 0.29) is 5.25 Å². The normalized spacial score (nSPS) is 14.6. The van der Waals surface area contributed by atoms with Gasteiger partial charge in [0.05, 0.1) is 5.25 Å². The molecule has 0 saturated heterocycles. The smallest absolute Gasteiger partial charge is 0.213 e. The highest BCUT2D eigenvalue weighted by Gasteiger charge is 2.16. The second-order valence-electron chi connectivity index (χ2n) is 3.69. The summed E-state index contributed by atoms with van der Waals surface area (Å²) in [7, 11) is -3.09. The Morgan fingerprint density at radius 2 is 1.93 bits per heavy atom. The average molecular weight is 286 g/mol. The minimum absolute atomic E-state index is 0.344. The van der Waals surface area contributed by atoms with Gasteiger partial charge in [-0.05, 0) is 26.2 Å². The molecule has 0 aliphatic rings. The van der Waals surface area contributed by atoms with E-state index in [4.69, 9.17) is 0 Å². The Morgan fingerprint density at radius 3 is 2.29 bits per heavy atom. The van der Waals surface area contributed by atoms with Crippen molar-refractivity contribution in [1.82, 2.24) is 4.72 Å². The van der Waals surface area contributed by atoms with Crippen LogP contribution in [-0.4, -0.2) is 25.5 Å². The van der Waals surface area contributed by atoms with Crippen LogP contribution in [0.5, 0.6) is 0 Å². The van der Waals surface area contributed by atoms with Crippen LogP contribution in [-0.2, 0) is 10.0 Å². The first-order valence-corrected chi connectivity index (χ1v) is 7.65. The zero-order valence-electron chi connectivity index (χ0n) is 9.09. The third-order valence-electron chi connectivity index (χ3n) is 2.29. The maximum Gasteiger partial charge on any atom is 0.213 e. The van der Waals surface area contributed by atoms with E-state index < -0.39 is 10.0 Å². The van der Waals surface area contributed by atoms with Gasteiger partial charge in [-0.2, -0.15) is 0 Å². The summed E-state index contributed by atoms with van der Waals surface area (Å²) in [5, 5.41) is 0.582. The summed E-state index contributed by atoms with van der Waals surface area (Å²) >= 11 is 3.36. The molecule has 0 aliphatic heterocycles. The number of halogens is 1. The molecule has 0 aliphatic carbocycles. The van der Waals surface area contributed by atoms with E-state index in [0.29, 0.717) is 12.5 Å². The molecule has 0 spiro atoms. The number of hydrogen-bond acceptors (Lipinski definition) is 2. The van der Waals surface area contributed by atoms with Gasteiger partial charge < -0.3 is 0 Å². The third-order valence-corrected chi connectivity index (χ3v) is 4.56. The average Bonchev–Trinajstić information content (AvgIpc) is 2.12. The molecule has 0 aromatic rings. The Hall–Kier alpha value is 0.390. The van der Waals surface area contributed by atoms with E-state index in [0.717, 1.165) is 18.2 Å². The van der Waals surface area contributed by atoms with E-state index in [1.165, 1.54) is 0 Å². The summed E-state index contributed by atoms with van der Waals surface area (Å²) in [6.07, 6.45) is 2.02. The molecular weight excluding hydrogens is 266 g/mol. The maximum absolute atomic E-state index is 11.4. The fourth-order valence-electron chi connectivity index (χ4n) is 1.01.